The average molecular weight is 981 g/mol. The summed E-state index contributed by atoms with van der Waals surface area (Å²) in [5.74, 6) is 2.79. The highest BCUT2D eigenvalue weighted by Crippen LogP contribution is 2.61. The number of rotatable bonds is 9. The fourth-order valence-electron chi connectivity index (χ4n) is 9.57. The van der Waals surface area contributed by atoms with Crippen molar-refractivity contribution >= 4 is 46.3 Å². The predicted molar refractivity (Wildman–Crippen MR) is 272 cm³/mol. The minimum atomic E-state index is -5.45. The van der Waals surface area contributed by atoms with E-state index in [9.17, 15) is 29.0 Å². The van der Waals surface area contributed by atoms with Crippen LogP contribution in [0.15, 0.2) is 92.5 Å². The summed E-state index contributed by atoms with van der Waals surface area (Å²) in [4.78, 5) is 62.8. The first-order valence-electron chi connectivity index (χ1n) is 24.3. The number of ether oxygens (including phenoxy) is 1. The van der Waals surface area contributed by atoms with Crippen molar-refractivity contribution < 1.29 is 33.0 Å². The molecule has 0 amide bonds. The van der Waals surface area contributed by atoms with Crippen LogP contribution in [0, 0.1) is 0 Å². The van der Waals surface area contributed by atoms with E-state index in [1.54, 1.807) is 0 Å². The molecule has 15 nitrogen and oxygen atoms in total. The van der Waals surface area contributed by atoms with Crippen LogP contribution in [0.2, 0.25) is 23.2 Å². The third-order valence-electron chi connectivity index (χ3n) is 14.3. The van der Waals surface area contributed by atoms with Gasteiger partial charge in [0.15, 0.2) is 14.5 Å². The average Bonchev–Trinajstić information content (AvgIpc) is 3.50. The first kappa shape index (κ1) is 52.8. The van der Waals surface area contributed by atoms with Crippen LogP contribution in [0.3, 0.4) is 0 Å². The molecule has 0 spiro atoms. The van der Waals surface area contributed by atoms with Crippen molar-refractivity contribution in [1.82, 2.24) is 19.4 Å². The normalized spacial score (nSPS) is 24.0. The number of hydrogen-bond donors (Lipinski definition) is 4. The highest BCUT2D eigenvalue weighted by atomic mass is 31.2. The van der Waals surface area contributed by atoms with Gasteiger partial charge in [-0.1, -0.05) is 115 Å². The van der Waals surface area contributed by atoms with Crippen LogP contribution in [-0.2, 0) is 18.2 Å². The Morgan fingerprint density at radius 2 is 1.24 bits per heavy atom. The molecule has 0 bridgehead atoms. The molecule has 0 unspecified atom stereocenters. The number of aromatic amines is 1. The van der Waals surface area contributed by atoms with Gasteiger partial charge >= 0.3 is 13.3 Å². The number of aliphatic imine (C=N–C) groups is 2. The van der Waals surface area contributed by atoms with E-state index in [1.807, 2.05) is 94.5 Å². The van der Waals surface area contributed by atoms with Gasteiger partial charge in [0, 0.05) is 64.4 Å². The number of benzene rings is 2. The maximum Gasteiger partial charge on any atom is 0.362 e. The van der Waals surface area contributed by atoms with Gasteiger partial charge in [0.2, 0.25) is 5.34 Å². The van der Waals surface area contributed by atoms with Gasteiger partial charge in [0.1, 0.15) is 12.2 Å². The Kier molecular flexibility index (Phi) is 17.4. The summed E-state index contributed by atoms with van der Waals surface area (Å²) in [6.07, 6.45) is 9.63. The molecular formula is C49H77N6O9PSi2. The third kappa shape index (κ3) is 12.1. The van der Waals surface area contributed by atoms with Gasteiger partial charge < -0.3 is 38.3 Å². The second kappa shape index (κ2) is 22.1. The summed E-state index contributed by atoms with van der Waals surface area (Å²) >= 11 is 0. The molecule has 3 aromatic rings. The van der Waals surface area contributed by atoms with Gasteiger partial charge in [-0.25, -0.2) is 4.79 Å². The molecular weight excluding hydrogens is 904 g/mol. The zero-order valence-corrected chi connectivity index (χ0v) is 44.0. The Balaban J connectivity index is 0.000000268. The summed E-state index contributed by atoms with van der Waals surface area (Å²) in [6, 6.07) is 20.4. The van der Waals surface area contributed by atoms with Gasteiger partial charge in [-0.15, -0.1) is 0 Å². The van der Waals surface area contributed by atoms with E-state index in [0.29, 0.717) is 0 Å². The van der Waals surface area contributed by atoms with Crippen molar-refractivity contribution in [3.63, 3.8) is 0 Å². The number of aliphatic hydroxyl groups is 1. The summed E-state index contributed by atoms with van der Waals surface area (Å²) < 4.78 is 34.1. The van der Waals surface area contributed by atoms with E-state index in [4.69, 9.17) is 13.6 Å². The van der Waals surface area contributed by atoms with Gasteiger partial charge in [0.25, 0.3) is 13.9 Å². The lowest BCUT2D eigenvalue weighted by Crippen LogP contribution is -2.67. The van der Waals surface area contributed by atoms with Crippen LogP contribution in [0.25, 0.3) is 0 Å². The van der Waals surface area contributed by atoms with Crippen LogP contribution in [0.5, 0.6) is 0 Å². The number of hydrogen-bond acceptors (Lipinski definition) is 11. The van der Waals surface area contributed by atoms with Crippen LogP contribution >= 0.6 is 7.60 Å². The Labute approximate surface area is 399 Å². The molecule has 8 rings (SSSR count). The van der Waals surface area contributed by atoms with E-state index in [1.165, 1.54) is 108 Å². The molecule has 3 fully saturated rings. The summed E-state index contributed by atoms with van der Waals surface area (Å²) in [7, 11) is -11.6. The summed E-state index contributed by atoms with van der Waals surface area (Å²) in [5.41, 5.74) is -1.54. The highest BCUT2D eigenvalue weighted by molar-refractivity contribution is 7.53. The minimum Gasteiger partial charge on any atom is -0.406 e. The van der Waals surface area contributed by atoms with Crippen LogP contribution in [-0.4, -0.2) is 126 Å². The maximum absolute atomic E-state index is 13.4. The molecule has 2 aromatic carbocycles. The lowest BCUT2D eigenvalue weighted by Gasteiger charge is -2.45. The van der Waals surface area contributed by atoms with Crippen molar-refractivity contribution in [3.05, 3.63) is 93.8 Å². The topological polar surface area (TPSA) is 192 Å². The van der Waals surface area contributed by atoms with Crippen molar-refractivity contribution in [3.8, 4) is 0 Å². The number of amidine groups is 2. The van der Waals surface area contributed by atoms with Crippen molar-refractivity contribution in [2.24, 2.45) is 9.98 Å². The SMILES string of the molecule is C1CCC2=NCCCN2CC1.C1CCC2=NCCCN2CC1.CC(C)(C)[Si](C)(C)O[C@H]1[C@H](n2ccc(=O)[nH]c2=O)O[C@H](CO[Si](c2ccccc2)(c2ccccc2)C(C)(C)C)[C@]1(O)P(=O)(O)O. The van der Waals surface area contributed by atoms with E-state index < -0.39 is 75.9 Å². The summed E-state index contributed by atoms with van der Waals surface area (Å²) in [5, 5.41) is 10.3. The molecule has 1 aromatic heterocycles. The molecule has 3 saturated heterocycles. The molecule has 18 heteroatoms. The third-order valence-corrected chi connectivity index (χ3v) is 25.2. The number of aromatic nitrogens is 2. The number of nitrogens with one attached hydrogen (secondary N) is 1. The quantitative estimate of drug-likeness (QED) is 0.134. The fraction of sp³-hybridized carbons (Fsp3) is 0.633. The molecule has 5 aliphatic heterocycles. The van der Waals surface area contributed by atoms with E-state index in [0.717, 1.165) is 34.1 Å². The Morgan fingerprint density at radius 3 is 1.69 bits per heavy atom. The predicted octanol–water partition coefficient (Wildman–Crippen LogP) is 6.60. The van der Waals surface area contributed by atoms with Crippen LogP contribution in [0.4, 0.5) is 0 Å². The number of nitrogens with zero attached hydrogens (tertiary/aromatic N) is 5. The second-order valence-electron chi connectivity index (χ2n) is 21.0. The molecule has 4 N–H and O–H groups in total. The zero-order chi connectivity index (χ0) is 48.7. The largest absolute Gasteiger partial charge is 0.406 e. The lowest BCUT2D eigenvalue weighted by molar-refractivity contribution is -0.0583. The monoisotopic (exact) mass is 981 g/mol. The smallest absolute Gasteiger partial charge is 0.362 e. The zero-order valence-electron chi connectivity index (χ0n) is 41.2. The van der Waals surface area contributed by atoms with E-state index in [2.05, 4.69) is 45.5 Å². The van der Waals surface area contributed by atoms with Crippen molar-refractivity contribution in [2.45, 2.75) is 153 Å². The molecule has 6 heterocycles. The second-order valence-corrected chi connectivity index (χ2v) is 31.9. The maximum atomic E-state index is 13.4. The molecule has 4 atom stereocenters. The van der Waals surface area contributed by atoms with Gasteiger partial charge in [0.05, 0.1) is 18.3 Å². The number of H-pyrrole nitrogens is 1. The lowest BCUT2D eigenvalue weighted by atomic mass is 10.1. The van der Waals surface area contributed by atoms with Gasteiger partial charge in [-0.3, -0.25) is 28.9 Å². The molecule has 0 radical (unpaired) electrons. The Morgan fingerprint density at radius 1 is 0.746 bits per heavy atom. The standard InChI is InChI=1S/C31H45N2O9PSi2.2C9H16N2/c1-29(2,3)44(7,8)42-26-27(33-20-19-25(34)32-28(33)35)41-24(31(26,36)43(37,38)39)21-40-45(30(4,5)6,22-15-11-9-12-16-22)23-17-13-10-14-18-23;2*1-2-5-9-10-6-4-8-11(9)7-3-1/h9-20,24,26-27,36H,21H2,1-8H3,(H,32,34,35)(H2,37,38,39);2*1-8H2/t24-,26+,27-,31+;;/m1../s1. The molecule has 0 aliphatic carbocycles. The Hall–Kier alpha value is -3.52. The molecule has 67 heavy (non-hydrogen) atoms. The van der Waals surface area contributed by atoms with Crippen LogP contribution in [0.1, 0.15) is 112 Å². The minimum absolute atomic E-state index is 0.430. The molecule has 0 saturated carbocycles. The first-order valence-corrected chi connectivity index (χ1v) is 30.8. The fourth-order valence-corrected chi connectivity index (χ4v) is 16.5. The van der Waals surface area contributed by atoms with E-state index in [-0.39, 0.29) is 0 Å². The van der Waals surface area contributed by atoms with Gasteiger partial charge in [-0.2, -0.15) is 0 Å². The van der Waals surface area contributed by atoms with Crippen LogP contribution < -0.4 is 21.6 Å². The van der Waals surface area contributed by atoms with Crippen molar-refractivity contribution in [2.75, 3.05) is 45.9 Å². The van der Waals surface area contributed by atoms with Crippen molar-refractivity contribution in [1.29, 1.82) is 0 Å². The van der Waals surface area contributed by atoms with E-state index >= 15 is 0 Å². The Bertz CT molecular complexity index is 2230. The number of fused-ring (bicyclic) bond motifs is 2. The molecule has 5 aliphatic rings. The molecule has 370 valence electrons. The van der Waals surface area contributed by atoms with Gasteiger partial charge in [-0.05, 0) is 72.1 Å². The highest BCUT2D eigenvalue weighted by Gasteiger charge is 2.69. The first-order chi connectivity index (χ1) is 31.6. The summed E-state index contributed by atoms with van der Waals surface area (Å²) in [6.45, 7) is 22.5.